The van der Waals surface area contributed by atoms with E-state index in [4.69, 9.17) is 0 Å². The van der Waals surface area contributed by atoms with Crippen LogP contribution in [0.2, 0.25) is 0 Å². The summed E-state index contributed by atoms with van der Waals surface area (Å²) in [5.74, 6) is -0.975. The van der Waals surface area contributed by atoms with Gasteiger partial charge in [-0.15, -0.1) is 0 Å². The largest absolute Gasteiger partial charge is 0.481 e. The minimum atomic E-state index is -0.765. The topological polar surface area (TPSA) is 40.5 Å². The lowest BCUT2D eigenvalue weighted by Gasteiger charge is -2.28. The van der Waals surface area contributed by atoms with Gasteiger partial charge >= 0.3 is 5.97 Å². The molecule has 1 aliphatic heterocycles. The lowest BCUT2D eigenvalue weighted by Crippen LogP contribution is -2.33. The van der Waals surface area contributed by atoms with Crippen LogP contribution in [0.25, 0.3) is 0 Å². The van der Waals surface area contributed by atoms with Gasteiger partial charge in [-0.3, -0.25) is 9.69 Å². The molecule has 0 radical (unpaired) electrons. The summed E-state index contributed by atoms with van der Waals surface area (Å²) in [6.45, 7) is 4.96. The molecule has 0 amide bonds. The summed E-state index contributed by atoms with van der Waals surface area (Å²) in [5.41, 5.74) is -0.0433. The summed E-state index contributed by atoms with van der Waals surface area (Å²) >= 11 is 0. The van der Waals surface area contributed by atoms with Crippen molar-refractivity contribution in [3.63, 3.8) is 0 Å². The van der Waals surface area contributed by atoms with Crippen molar-refractivity contribution in [1.82, 2.24) is 4.90 Å². The Balaban J connectivity index is 2.21. The van der Waals surface area contributed by atoms with Crippen molar-refractivity contribution in [2.45, 2.75) is 32.7 Å². The van der Waals surface area contributed by atoms with Gasteiger partial charge in [-0.2, -0.15) is 0 Å². The molecule has 104 valence electrons. The fourth-order valence-electron chi connectivity index (χ4n) is 2.86. The molecule has 0 aromatic heterocycles. The third-order valence-corrected chi connectivity index (χ3v) is 4.11. The van der Waals surface area contributed by atoms with E-state index in [0.717, 1.165) is 6.42 Å². The van der Waals surface area contributed by atoms with E-state index in [-0.39, 0.29) is 11.9 Å². The van der Waals surface area contributed by atoms with Crippen molar-refractivity contribution in [1.29, 1.82) is 0 Å². The van der Waals surface area contributed by atoms with E-state index in [0.29, 0.717) is 25.1 Å². The number of carboxylic acid groups (broad SMARTS) is 1. The first kappa shape index (κ1) is 14.0. The molecule has 1 N–H and O–H groups in total. The van der Waals surface area contributed by atoms with Gasteiger partial charge in [-0.1, -0.05) is 25.1 Å². The minimum absolute atomic E-state index is 0.0395. The number of carbonyl (C=O) groups is 1. The van der Waals surface area contributed by atoms with Crippen molar-refractivity contribution in [3.05, 3.63) is 35.6 Å². The predicted octanol–water partition coefficient (Wildman–Crippen LogP) is 3.07. The lowest BCUT2D eigenvalue weighted by atomic mass is 9.90. The fourth-order valence-corrected chi connectivity index (χ4v) is 2.86. The highest BCUT2D eigenvalue weighted by Gasteiger charge is 2.42. The zero-order valence-corrected chi connectivity index (χ0v) is 11.4. The number of halogens is 1. The van der Waals surface area contributed by atoms with Crippen LogP contribution in [0.3, 0.4) is 0 Å². The predicted molar refractivity (Wildman–Crippen MR) is 71.4 cm³/mol. The van der Waals surface area contributed by atoms with E-state index in [9.17, 15) is 14.3 Å². The first-order valence-electron chi connectivity index (χ1n) is 6.70. The second kappa shape index (κ2) is 5.29. The Morgan fingerprint density at radius 1 is 1.53 bits per heavy atom. The maximum absolute atomic E-state index is 13.9. The Kier molecular flexibility index (Phi) is 3.90. The Bertz CT molecular complexity index is 477. The van der Waals surface area contributed by atoms with E-state index in [1.165, 1.54) is 6.07 Å². The van der Waals surface area contributed by atoms with Crippen LogP contribution >= 0.6 is 0 Å². The standard InChI is InChI=1S/C15H20FNO2/c1-3-13(11-6-4-5-7-12(11)16)17-9-8-15(2,10-17)14(18)19/h4-7,13H,3,8-10H2,1-2H3,(H,18,19). The molecule has 19 heavy (non-hydrogen) atoms. The van der Waals surface area contributed by atoms with Gasteiger partial charge in [-0.05, 0) is 32.4 Å². The molecule has 1 saturated heterocycles. The summed E-state index contributed by atoms with van der Waals surface area (Å²) in [6, 6.07) is 6.72. The molecule has 0 aliphatic carbocycles. The van der Waals surface area contributed by atoms with Crippen LogP contribution in [0, 0.1) is 11.2 Å². The second-order valence-electron chi connectivity index (χ2n) is 5.53. The molecule has 1 fully saturated rings. The summed E-state index contributed by atoms with van der Waals surface area (Å²) in [5, 5.41) is 9.27. The smallest absolute Gasteiger partial charge is 0.310 e. The fraction of sp³-hybridized carbons (Fsp3) is 0.533. The Morgan fingerprint density at radius 2 is 2.21 bits per heavy atom. The number of hydrogen-bond donors (Lipinski definition) is 1. The van der Waals surface area contributed by atoms with Crippen molar-refractivity contribution in [2.75, 3.05) is 13.1 Å². The molecule has 3 nitrogen and oxygen atoms in total. The molecular formula is C15H20FNO2. The quantitative estimate of drug-likeness (QED) is 0.909. The number of aliphatic carboxylic acids is 1. The van der Waals surface area contributed by atoms with Gasteiger partial charge in [0.1, 0.15) is 5.82 Å². The molecule has 1 aliphatic rings. The minimum Gasteiger partial charge on any atom is -0.481 e. The highest BCUT2D eigenvalue weighted by Crippen LogP contribution is 2.37. The van der Waals surface area contributed by atoms with Crippen molar-refractivity contribution >= 4 is 5.97 Å². The number of benzene rings is 1. The Morgan fingerprint density at radius 3 is 2.74 bits per heavy atom. The van der Waals surface area contributed by atoms with Crippen molar-refractivity contribution in [2.24, 2.45) is 5.41 Å². The lowest BCUT2D eigenvalue weighted by molar-refractivity contribution is -0.147. The van der Waals surface area contributed by atoms with Crippen LogP contribution < -0.4 is 0 Å². The van der Waals surface area contributed by atoms with Gasteiger partial charge in [0.25, 0.3) is 0 Å². The van der Waals surface area contributed by atoms with Gasteiger partial charge in [0, 0.05) is 18.2 Å². The Labute approximate surface area is 113 Å². The molecule has 1 aromatic rings. The molecule has 1 heterocycles. The molecule has 0 saturated carbocycles. The maximum atomic E-state index is 13.9. The van der Waals surface area contributed by atoms with Gasteiger partial charge in [0.2, 0.25) is 0 Å². The van der Waals surface area contributed by atoms with Crippen LogP contribution in [-0.4, -0.2) is 29.1 Å². The number of likely N-dealkylation sites (tertiary alicyclic amines) is 1. The highest BCUT2D eigenvalue weighted by atomic mass is 19.1. The first-order valence-corrected chi connectivity index (χ1v) is 6.70. The molecule has 0 spiro atoms. The van der Waals surface area contributed by atoms with Gasteiger partial charge in [-0.25, -0.2) is 4.39 Å². The Hall–Kier alpha value is -1.42. The van der Waals surface area contributed by atoms with Crippen LogP contribution in [0.1, 0.15) is 38.3 Å². The molecule has 2 unspecified atom stereocenters. The van der Waals surface area contributed by atoms with Crippen LogP contribution in [0.4, 0.5) is 4.39 Å². The summed E-state index contributed by atoms with van der Waals surface area (Å²) in [7, 11) is 0. The van der Waals surface area contributed by atoms with E-state index in [1.807, 2.05) is 13.0 Å². The van der Waals surface area contributed by atoms with E-state index in [1.54, 1.807) is 19.1 Å². The maximum Gasteiger partial charge on any atom is 0.310 e. The number of carboxylic acids is 1. The summed E-state index contributed by atoms with van der Waals surface area (Å²) in [4.78, 5) is 13.4. The molecule has 2 atom stereocenters. The average Bonchev–Trinajstić information content (AvgIpc) is 2.77. The molecular weight excluding hydrogens is 245 g/mol. The van der Waals surface area contributed by atoms with Gasteiger partial charge in [0.05, 0.1) is 5.41 Å². The van der Waals surface area contributed by atoms with Gasteiger partial charge in [0.15, 0.2) is 0 Å². The van der Waals surface area contributed by atoms with E-state index < -0.39 is 11.4 Å². The van der Waals surface area contributed by atoms with Crippen molar-refractivity contribution in [3.8, 4) is 0 Å². The monoisotopic (exact) mass is 265 g/mol. The van der Waals surface area contributed by atoms with E-state index in [2.05, 4.69) is 4.90 Å². The third-order valence-electron chi connectivity index (χ3n) is 4.11. The zero-order chi connectivity index (χ0) is 14.0. The van der Waals surface area contributed by atoms with Crippen molar-refractivity contribution < 1.29 is 14.3 Å². The third kappa shape index (κ3) is 2.63. The summed E-state index contributed by atoms with van der Waals surface area (Å²) < 4.78 is 13.9. The number of hydrogen-bond acceptors (Lipinski definition) is 2. The second-order valence-corrected chi connectivity index (χ2v) is 5.53. The molecule has 2 rings (SSSR count). The zero-order valence-electron chi connectivity index (χ0n) is 11.4. The first-order chi connectivity index (χ1) is 8.98. The highest BCUT2D eigenvalue weighted by molar-refractivity contribution is 5.74. The van der Waals surface area contributed by atoms with Crippen LogP contribution in [0.5, 0.6) is 0 Å². The number of nitrogens with zero attached hydrogens (tertiary/aromatic N) is 1. The van der Waals surface area contributed by atoms with E-state index >= 15 is 0 Å². The summed E-state index contributed by atoms with van der Waals surface area (Å²) in [6.07, 6.45) is 1.39. The normalized spacial score (nSPS) is 25.4. The molecule has 4 heteroatoms. The van der Waals surface area contributed by atoms with Gasteiger partial charge < -0.3 is 5.11 Å². The molecule has 0 bridgehead atoms. The van der Waals surface area contributed by atoms with Crippen LogP contribution in [-0.2, 0) is 4.79 Å². The average molecular weight is 265 g/mol. The molecule has 1 aromatic carbocycles. The number of rotatable bonds is 4. The SMILES string of the molecule is CCC(c1ccccc1F)N1CCC(C)(C(=O)O)C1. The van der Waals surface area contributed by atoms with Crippen LogP contribution in [0.15, 0.2) is 24.3 Å².